The Bertz CT molecular complexity index is 524. The number of aldehydes is 1. The van der Waals surface area contributed by atoms with Crippen LogP contribution in [-0.2, 0) is 6.61 Å². The summed E-state index contributed by atoms with van der Waals surface area (Å²) in [5.74, 6) is 0.414. The van der Waals surface area contributed by atoms with Gasteiger partial charge in [0.25, 0.3) is 0 Å². The molecule has 3 heteroatoms. The van der Waals surface area contributed by atoms with E-state index in [0.29, 0.717) is 24.2 Å². The number of hydrogen-bond donors (Lipinski definition) is 1. The van der Waals surface area contributed by atoms with Crippen molar-refractivity contribution in [3.05, 3.63) is 59.2 Å². The number of ether oxygens (including phenoxy) is 1. The zero-order chi connectivity index (χ0) is 13.0. The van der Waals surface area contributed by atoms with Crippen LogP contribution in [0, 0.1) is 6.92 Å². The fourth-order valence-corrected chi connectivity index (χ4v) is 1.77. The first-order valence-corrected chi connectivity index (χ1v) is 5.66. The van der Waals surface area contributed by atoms with Gasteiger partial charge in [0, 0.05) is 5.56 Å². The van der Waals surface area contributed by atoms with E-state index in [1.807, 2.05) is 30.3 Å². The molecule has 1 N–H and O–H groups in total. The molecule has 2 aromatic rings. The minimum absolute atomic E-state index is 0.00645. The van der Waals surface area contributed by atoms with Gasteiger partial charge < -0.3 is 9.84 Å². The van der Waals surface area contributed by atoms with Crippen LogP contribution in [0.25, 0.3) is 0 Å². The third-order valence-corrected chi connectivity index (χ3v) is 2.64. The number of carbonyl (C=O) groups excluding carboxylic acids is 1. The number of aromatic hydroxyl groups is 1. The molecule has 2 rings (SSSR count). The summed E-state index contributed by atoms with van der Waals surface area (Å²) >= 11 is 0. The maximum atomic E-state index is 10.6. The standard InChI is InChI=1S/C15H14O3/c1-11-7-13(9-16)8-14(17)15(11)18-10-12-5-3-2-4-6-12/h2-9,17H,10H2,1H3. The molecule has 0 aliphatic rings. The summed E-state index contributed by atoms with van der Waals surface area (Å²) in [6, 6.07) is 12.8. The highest BCUT2D eigenvalue weighted by Gasteiger charge is 2.08. The van der Waals surface area contributed by atoms with Crippen LogP contribution in [0.1, 0.15) is 21.5 Å². The third kappa shape index (κ3) is 2.69. The quantitative estimate of drug-likeness (QED) is 0.838. The minimum Gasteiger partial charge on any atom is -0.504 e. The largest absolute Gasteiger partial charge is 0.504 e. The van der Waals surface area contributed by atoms with Crippen LogP contribution in [0.2, 0.25) is 0 Å². The Hall–Kier alpha value is -2.29. The third-order valence-electron chi connectivity index (χ3n) is 2.64. The Kier molecular flexibility index (Phi) is 3.63. The number of rotatable bonds is 4. The number of benzene rings is 2. The van der Waals surface area contributed by atoms with Crippen molar-refractivity contribution in [1.82, 2.24) is 0 Å². The van der Waals surface area contributed by atoms with Crippen LogP contribution in [0.5, 0.6) is 11.5 Å². The summed E-state index contributed by atoms with van der Waals surface area (Å²) in [7, 11) is 0. The van der Waals surface area contributed by atoms with E-state index in [9.17, 15) is 9.90 Å². The predicted molar refractivity (Wildman–Crippen MR) is 69.0 cm³/mol. The summed E-state index contributed by atoms with van der Waals surface area (Å²) in [5.41, 5.74) is 2.21. The summed E-state index contributed by atoms with van der Waals surface area (Å²) in [6.45, 7) is 2.18. The van der Waals surface area contributed by atoms with Gasteiger partial charge in [-0.05, 0) is 30.2 Å². The smallest absolute Gasteiger partial charge is 0.164 e. The Labute approximate surface area is 106 Å². The maximum absolute atomic E-state index is 10.6. The van der Waals surface area contributed by atoms with E-state index >= 15 is 0 Å². The molecule has 2 aromatic carbocycles. The molecule has 0 aromatic heterocycles. The van der Waals surface area contributed by atoms with E-state index in [1.165, 1.54) is 6.07 Å². The van der Waals surface area contributed by atoms with E-state index in [1.54, 1.807) is 13.0 Å². The van der Waals surface area contributed by atoms with E-state index < -0.39 is 0 Å². The molecule has 0 fully saturated rings. The lowest BCUT2D eigenvalue weighted by Gasteiger charge is -2.11. The topological polar surface area (TPSA) is 46.5 Å². The second kappa shape index (κ2) is 5.36. The number of aryl methyl sites for hydroxylation is 1. The minimum atomic E-state index is -0.00645. The molecule has 0 bridgehead atoms. The van der Waals surface area contributed by atoms with Gasteiger partial charge in [0.15, 0.2) is 11.5 Å². The Morgan fingerprint density at radius 3 is 2.56 bits per heavy atom. The first-order chi connectivity index (χ1) is 8.70. The molecule has 0 atom stereocenters. The lowest BCUT2D eigenvalue weighted by atomic mass is 10.1. The first-order valence-electron chi connectivity index (χ1n) is 5.66. The van der Waals surface area contributed by atoms with E-state index in [-0.39, 0.29) is 5.75 Å². The molecule has 0 saturated heterocycles. The number of phenolic OH excluding ortho intramolecular Hbond substituents is 1. The van der Waals surface area contributed by atoms with Crippen molar-refractivity contribution in [3.8, 4) is 11.5 Å². The fraction of sp³-hybridized carbons (Fsp3) is 0.133. The average molecular weight is 242 g/mol. The summed E-state index contributed by atoms with van der Waals surface area (Å²) in [6.07, 6.45) is 0.702. The molecule has 3 nitrogen and oxygen atoms in total. The Morgan fingerprint density at radius 1 is 1.22 bits per heavy atom. The predicted octanol–water partition coefficient (Wildman–Crippen LogP) is 3.09. The molecule has 0 amide bonds. The second-order valence-corrected chi connectivity index (χ2v) is 4.08. The van der Waals surface area contributed by atoms with Crippen LogP contribution >= 0.6 is 0 Å². The van der Waals surface area contributed by atoms with Crippen molar-refractivity contribution in [2.24, 2.45) is 0 Å². The van der Waals surface area contributed by atoms with Gasteiger partial charge in [-0.15, -0.1) is 0 Å². The van der Waals surface area contributed by atoms with Crippen LogP contribution in [0.3, 0.4) is 0 Å². The van der Waals surface area contributed by atoms with Gasteiger partial charge in [0.2, 0.25) is 0 Å². The van der Waals surface area contributed by atoms with Gasteiger partial charge in [-0.25, -0.2) is 0 Å². The summed E-state index contributed by atoms with van der Waals surface area (Å²) < 4.78 is 5.59. The first kappa shape index (κ1) is 12.2. The van der Waals surface area contributed by atoms with Crippen LogP contribution in [0.4, 0.5) is 0 Å². The molecule has 92 valence electrons. The van der Waals surface area contributed by atoms with Crippen molar-refractivity contribution < 1.29 is 14.6 Å². The SMILES string of the molecule is Cc1cc(C=O)cc(O)c1OCc1ccccc1. The molecule has 0 spiro atoms. The molecular weight excluding hydrogens is 228 g/mol. The molecule has 0 unspecified atom stereocenters. The lowest BCUT2D eigenvalue weighted by Crippen LogP contribution is -1.98. The summed E-state index contributed by atoms with van der Waals surface area (Å²) in [4.78, 5) is 10.6. The monoisotopic (exact) mass is 242 g/mol. The molecule has 0 heterocycles. The van der Waals surface area contributed by atoms with E-state index in [2.05, 4.69) is 0 Å². The van der Waals surface area contributed by atoms with Gasteiger partial charge >= 0.3 is 0 Å². The second-order valence-electron chi connectivity index (χ2n) is 4.08. The maximum Gasteiger partial charge on any atom is 0.164 e. The molecule has 0 aliphatic carbocycles. The van der Waals surface area contributed by atoms with Crippen molar-refractivity contribution in [2.45, 2.75) is 13.5 Å². The summed E-state index contributed by atoms with van der Waals surface area (Å²) in [5, 5.41) is 9.80. The fourth-order valence-electron chi connectivity index (χ4n) is 1.77. The van der Waals surface area contributed by atoms with Gasteiger partial charge in [-0.3, -0.25) is 4.79 Å². The highest BCUT2D eigenvalue weighted by molar-refractivity contribution is 5.77. The van der Waals surface area contributed by atoms with Crippen molar-refractivity contribution in [3.63, 3.8) is 0 Å². The number of phenols is 1. The number of carbonyl (C=O) groups is 1. The average Bonchev–Trinajstić information content (AvgIpc) is 2.38. The molecule has 0 saturated carbocycles. The lowest BCUT2D eigenvalue weighted by molar-refractivity contribution is 0.112. The van der Waals surface area contributed by atoms with Crippen molar-refractivity contribution >= 4 is 6.29 Å². The highest BCUT2D eigenvalue weighted by Crippen LogP contribution is 2.31. The van der Waals surface area contributed by atoms with Crippen molar-refractivity contribution in [2.75, 3.05) is 0 Å². The van der Waals surface area contributed by atoms with Gasteiger partial charge in [0.05, 0.1) is 0 Å². The van der Waals surface area contributed by atoms with Crippen LogP contribution < -0.4 is 4.74 Å². The van der Waals surface area contributed by atoms with Gasteiger partial charge in [-0.1, -0.05) is 30.3 Å². The molecule has 0 radical (unpaired) electrons. The normalized spacial score (nSPS) is 10.1. The molecule has 0 aliphatic heterocycles. The van der Waals surface area contributed by atoms with Crippen LogP contribution in [-0.4, -0.2) is 11.4 Å². The molecular formula is C15H14O3. The zero-order valence-corrected chi connectivity index (χ0v) is 10.1. The Balaban J connectivity index is 2.17. The highest BCUT2D eigenvalue weighted by atomic mass is 16.5. The van der Waals surface area contributed by atoms with Gasteiger partial charge in [-0.2, -0.15) is 0 Å². The van der Waals surface area contributed by atoms with Crippen LogP contribution in [0.15, 0.2) is 42.5 Å². The van der Waals surface area contributed by atoms with E-state index in [0.717, 1.165) is 11.1 Å². The zero-order valence-electron chi connectivity index (χ0n) is 10.1. The van der Waals surface area contributed by atoms with Crippen molar-refractivity contribution in [1.29, 1.82) is 0 Å². The Morgan fingerprint density at radius 2 is 1.94 bits per heavy atom. The van der Waals surface area contributed by atoms with E-state index in [4.69, 9.17) is 4.74 Å². The number of hydrogen-bond acceptors (Lipinski definition) is 3. The van der Waals surface area contributed by atoms with Gasteiger partial charge in [0.1, 0.15) is 12.9 Å². The molecule has 18 heavy (non-hydrogen) atoms.